The molecule has 2 aromatic carbocycles. The van der Waals surface area contributed by atoms with Crippen LogP contribution in [-0.2, 0) is 16.0 Å². The van der Waals surface area contributed by atoms with Crippen molar-refractivity contribution >= 4 is 46.4 Å². The molecule has 0 aliphatic carbocycles. The van der Waals surface area contributed by atoms with Crippen LogP contribution in [0.5, 0.6) is 0 Å². The number of carbonyl (C=O) groups is 2. The average molecular weight is 402 g/mol. The van der Waals surface area contributed by atoms with Crippen LogP contribution in [0.1, 0.15) is 12.0 Å². The fraction of sp³-hybridized carbons (Fsp3) is 0.250. The number of halogens is 1. The predicted octanol–water partition coefficient (Wildman–Crippen LogP) is 3.34. The van der Waals surface area contributed by atoms with Crippen molar-refractivity contribution in [2.75, 3.05) is 18.9 Å². The summed E-state index contributed by atoms with van der Waals surface area (Å²) in [6.07, 6.45) is 0.790. The van der Waals surface area contributed by atoms with Crippen LogP contribution in [0, 0.1) is 0 Å². The van der Waals surface area contributed by atoms with Gasteiger partial charge in [0.05, 0.1) is 6.42 Å². The number of nitrogens with zero attached hydrogens (tertiary/aromatic N) is 2. The van der Waals surface area contributed by atoms with E-state index in [1.807, 2.05) is 35.2 Å². The first-order chi connectivity index (χ1) is 13.0. The summed E-state index contributed by atoms with van der Waals surface area (Å²) < 4.78 is 0. The van der Waals surface area contributed by atoms with E-state index in [0.717, 1.165) is 12.0 Å². The molecule has 1 heterocycles. The van der Waals surface area contributed by atoms with E-state index in [1.165, 1.54) is 4.90 Å². The molecule has 2 amide bonds. The molecule has 5 nitrogen and oxygen atoms in total. The lowest BCUT2D eigenvalue weighted by molar-refractivity contribution is -0.130. The Kier molecular flexibility index (Phi) is 6.08. The van der Waals surface area contributed by atoms with E-state index >= 15 is 0 Å². The quantitative estimate of drug-likeness (QED) is 0.754. The van der Waals surface area contributed by atoms with E-state index in [2.05, 4.69) is 5.32 Å². The second kappa shape index (κ2) is 8.50. The van der Waals surface area contributed by atoms with Crippen molar-refractivity contribution < 1.29 is 9.59 Å². The lowest BCUT2D eigenvalue weighted by Gasteiger charge is -2.23. The molecule has 0 unspecified atom stereocenters. The minimum absolute atomic E-state index is 0.0424. The lowest BCUT2D eigenvalue weighted by atomic mass is 10.1. The molecule has 140 valence electrons. The van der Waals surface area contributed by atoms with Crippen molar-refractivity contribution in [2.24, 2.45) is 0 Å². The van der Waals surface area contributed by atoms with Crippen LogP contribution in [0.4, 0.5) is 5.69 Å². The monoisotopic (exact) mass is 401 g/mol. The van der Waals surface area contributed by atoms with E-state index in [4.69, 9.17) is 23.8 Å². The zero-order valence-electron chi connectivity index (χ0n) is 14.9. The number of anilines is 1. The molecule has 27 heavy (non-hydrogen) atoms. The minimum Gasteiger partial charge on any atom is -0.336 e. The van der Waals surface area contributed by atoms with E-state index in [9.17, 15) is 9.59 Å². The number of amides is 2. The smallest absolute Gasteiger partial charge is 0.251 e. The number of nitrogens with one attached hydrogen (secondary N) is 1. The third-order valence-electron chi connectivity index (χ3n) is 4.52. The van der Waals surface area contributed by atoms with Gasteiger partial charge in [0.25, 0.3) is 5.91 Å². The SMILES string of the molecule is CN1C(=O)[C@@H](CC(=O)Nc2ccc(Cl)cc2)N(CCc2ccccc2)C1=S. The van der Waals surface area contributed by atoms with Crippen LogP contribution in [0.25, 0.3) is 0 Å². The van der Waals surface area contributed by atoms with E-state index in [0.29, 0.717) is 22.4 Å². The highest BCUT2D eigenvalue weighted by Crippen LogP contribution is 2.21. The molecular formula is C20H20ClN3O2S. The first-order valence-corrected chi connectivity index (χ1v) is 9.42. The Morgan fingerprint density at radius 3 is 2.48 bits per heavy atom. The molecule has 3 rings (SSSR count). The van der Waals surface area contributed by atoms with Crippen LogP contribution >= 0.6 is 23.8 Å². The van der Waals surface area contributed by atoms with Gasteiger partial charge in [0.15, 0.2) is 5.11 Å². The van der Waals surface area contributed by atoms with Gasteiger partial charge >= 0.3 is 0 Å². The molecule has 2 aromatic rings. The Balaban J connectivity index is 1.66. The van der Waals surface area contributed by atoms with Crippen LogP contribution in [-0.4, -0.2) is 46.4 Å². The van der Waals surface area contributed by atoms with Gasteiger partial charge in [0, 0.05) is 24.3 Å². The fourth-order valence-corrected chi connectivity index (χ4v) is 3.48. The van der Waals surface area contributed by atoms with Gasteiger partial charge in [-0.15, -0.1) is 0 Å². The van der Waals surface area contributed by atoms with Crippen LogP contribution < -0.4 is 5.32 Å². The number of likely N-dealkylation sites (N-methyl/N-ethyl adjacent to an activating group) is 1. The van der Waals surface area contributed by atoms with Gasteiger partial charge < -0.3 is 10.2 Å². The molecule has 7 heteroatoms. The van der Waals surface area contributed by atoms with Crippen molar-refractivity contribution in [3.05, 3.63) is 65.2 Å². The first kappa shape index (κ1) is 19.3. The molecule has 1 N–H and O–H groups in total. The Bertz CT molecular complexity index is 842. The third kappa shape index (κ3) is 4.64. The molecule has 1 saturated heterocycles. The maximum Gasteiger partial charge on any atom is 0.251 e. The van der Waals surface area contributed by atoms with E-state index in [1.54, 1.807) is 31.3 Å². The number of rotatable bonds is 6. The molecule has 0 aromatic heterocycles. The Hall–Kier alpha value is -2.44. The Morgan fingerprint density at radius 1 is 1.15 bits per heavy atom. The zero-order valence-corrected chi connectivity index (χ0v) is 16.5. The highest BCUT2D eigenvalue weighted by atomic mass is 35.5. The topological polar surface area (TPSA) is 52.7 Å². The second-order valence-corrected chi connectivity index (χ2v) is 7.19. The number of carbonyl (C=O) groups excluding carboxylic acids is 2. The van der Waals surface area contributed by atoms with Crippen molar-refractivity contribution in [2.45, 2.75) is 18.9 Å². The standard InChI is InChI=1S/C20H20ClN3O2S/c1-23-19(26)17(13-18(25)22-16-9-7-15(21)8-10-16)24(20(23)27)12-11-14-5-3-2-4-6-14/h2-10,17H,11-13H2,1H3,(H,22,25)/t17-/m1/s1. The van der Waals surface area contributed by atoms with Gasteiger partial charge in [-0.1, -0.05) is 41.9 Å². The summed E-state index contributed by atoms with van der Waals surface area (Å²) in [4.78, 5) is 28.3. The van der Waals surface area contributed by atoms with Crippen molar-refractivity contribution in [3.63, 3.8) is 0 Å². The molecule has 1 fully saturated rings. The van der Waals surface area contributed by atoms with Crippen LogP contribution in [0.3, 0.4) is 0 Å². The van der Waals surface area contributed by atoms with Gasteiger partial charge in [0.1, 0.15) is 6.04 Å². The van der Waals surface area contributed by atoms with Gasteiger partial charge in [-0.05, 0) is 48.5 Å². The highest BCUT2D eigenvalue weighted by molar-refractivity contribution is 7.80. The number of thiocarbonyl (C=S) groups is 1. The summed E-state index contributed by atoms with van der Waals surface area (Å²) >= 11 is 11.3. The van der Waals surface area contributed by atoms with Crippen molar-refractivity contribution in [3.8, 4) is 0 Å². The highest BCUT2D eigenvalue weighted by Gasteiger charge is 2.41. The zero-order chi connectivity index (χ0) is 19.4. The molecule has 0 saturated carbocycles. The Labute approximate surface area is 168 Å². The predicted molar refractivity (Wildman–Crippen MR) is 111 cm³/mol. The third-order valence-corrected chi connectivity index (χ3v) is 5.28. The summed E-state index contributed by atoms with van der Waals surface area (Å²) in [7, 11) is 1.65. The van der Waals surface area contributed by atoms with Gasteiger partial charge in [0.2, 0.25) is 5.91 Å². The van der Waals surface area contributed by atoms with Gasteiger partial charge in [-0.3, -0.25) is 14.5 Å². The molecule has 1 aliphatic heterocycles. The van der Waals surface area contributed by atoms with Crippen LogP contribution in [0.15, 0.2) is 54.6 Å². The molecule has 1 aliphatic rings. The second-order valence-electron chi connectivity index (χ2n) is 6.38. The molecule has 1 atom stereocenters. The largest absolute Gasteiger partial charge is 0.336 e. The molecule has 0 bridgehead atoms. The maximum absolute atomic E-state index is 12.6. The van der Waals surface area contributed by atoms with Gasteiger partial charge in [-0.2, -0.15) is 0 Å². The lowest BCUT2D eigenvalue weighted by Crippen LogP contribution is -2.39. The maximum atomic E-state index is 12.6. The number of hydrogen-bond acceptors (Lipinski definition) is 3. The fourth-order valence-electron chi connectivity index (χ4n) is 3.04. The van der Waals surface area contributed by atoms with Crippen molar-refractivity contribution in [1.29, 1.82) is 0 Å². The van der Waals surface area contributed by atoms with E-state index < -0.39 is 6.04 Å². The number of benzene rings is 2. The van der Waals surface area contributed by atoms with Crippen LogP contribution in [0.2, 0.25) is 5.02 Å². The summed E-state index contributed by atoms with van der Waals surface area (Å²) in [5.74, 6) is -0.391. The summed E-state index contributed by atoms with van der Waals surface area (Å²) in [6.45, 7) is 0.581. The molecule has 0 radical (unpaired) electrons. The first-order valence-electron chi connectivity index (χ1n) is 8.63. The average Bonchev–Trinajstić information content (AvgIpc) is 2.86. The summed E-state index contributed by atoms with van der Waals surface area (Å²) in [6, 6.07) is 16.3. The summed E-state index contributed by atoms with van der Waals surface area (Å²) in [5.41, 5.74) is 1.80. The van der Waals surface area contributed by atoms with E-state index in [-0.39, 0.29) is 18.2 Å². The van der Waals surface area contributed by atoms with Gasteiger partial charge in [-0.25, -0.2) is 0 Å². The molecular weight excluding hydrogens is 382 g/mol. The molecule has 0 spiro atoms. The van der Waals surface area contributed by atoms with Crippen molar-refractivity contribution in [1.82, 2.24) is 9.80 Å². The summed E-state index contributed by atoms with van der Waals surface area (Å²) in [5, 5.41) is 3.86. The normalized spacial score (nSPS) is 16.7. The Morgan fingerprint density at radius 2 is 1.81 bits per heavy atom. The number of hydrogen-bond donors (Lipinski definition) is 1. The minimum atomic E-state index is -0.585.